The van der Waals surface area contributed by atoms with Gasteiger partial charge in [-0.3, -0.25) is 4.79 Å². The summed E-state index contributed by atoms with van der Waals surface area (Å²) in [5, 5.41) is 7.69. The van der Waals surface area contributed by atoms with E-state index < -0.39 is 0 Å². The lowest BCUT2D eigenvalue weighted by Crippen LogP contribution is -2.24. The van der Waals surface area contributed by atoms with Crippen molar-refractivity contribution in [3.63, 3.8) is 0 Å². The minimum absolute atomic E-state index is 0.111. The molecule has 0 fully saturated rings. The van der Waals surface area contributed by atoms with Crippen molar-refractivity contribution in [2.24, 2.45) is 0 Å². The van der Waals surface area contributed by atoms with Crippen LogP contribution in [0.4, 0.5) is 0 Å². The van der Waals surface area contributed by atoms with Gasteiger partial charge in [0.05, 0.1) is 18.4 Å². The molecule has 0 saturated heterocycles. The number of aromatic nitrogens is 2. The number of unbranched alkanes of at least 4 members (excludes halogenated alkanes) is 1. The van der Waals surface area contributed by atoms with Gasteiger partial charge in [-0.1, -0.05) is 43.2 Å². The lowest BCUT2D eigenvalue weighted by atomic mass is 10.1. The van der Waals surface area contributed by atoms with Gasteiger partial charge in [0.1, 0.15) is 11.4 Å². The van der Waals surface area contributed by atoms with Crippen molar-refractivity contribution in [3.05, 3.63) is 65.9 Å². The number of carbonyl (C=O) groups excluding carboxylic acids is 1. The Kier molecular flexibility index (Phi) is 5.91. The van der Waals surface area contributed by atoms with Gasteiger partial charge in [-0.05, 0) is 37.6 Å². The van der Waals surface area contributed by atoms with E-state index in [-0.39, 0.29) is 5.91 Å². The van der Waals surface area contributed by atoms with Gasteiger partial charge < -0.3 is 10.1 Å². The zero-order valence-corrected chi connectivity index (χ0v) is 16.0. The van der Waals surface area contributed by atoms with E-state index in [0.717, 1.165) is 29.8 Å². The summed E-state index contributed by atoms with van der Waals surface area (Å²) in [4.78, 5) is 12.8. The first-order chi connectivity index (χ1) is 13.1. The van der Waals surface area contributed by atoms with Gasteiger partial charge in [0.25, 0.3) is 5.91 Å². The molecule has 1 heterocycles. The third-order valence-electron chi connectivity index (χ3n) is 4.42. The number of aryl methyl sites for hydroxylation is 1. The molecule has 1 N–H and O–H groups in total. The zero-order valence-electron chi connectivity index (χ0n) is 16.0. The highest BCUT2D eigenvalue weighted by atomic mass is 16.5. The predicted molar refractivity (Wildman–Crippen MR) is 108 cm³/mol. The molecule has 0 aliphatic rings. The van der Waals surface area contributed by atoms with Gasteiger partial charge >= 0.3 is 0 Å². The van der Waals surface area contributed by atoms with Crippen LogP contribution < -0.4 is 10.1 Å². The molecule has 3 rings (SSSR count). The molecule has 140 valence electrons. The Morgan fingerprint density at radius 3 is 2.67 bits per heavy atom. The molecule has 3 aromatic rings. The van der Waals surface area contributed by atoms with Crippen LogP contribution in [-0.4, -0.2) is 29.3 Å². The molecule has 1 aromatic heterocycles. The molecule has 0 atom stereocenters. The average molecular weight is 363 g/mol. The highest BCUT2D eigenvalue weighted by Gasteiger charge is 2.18. The summed E-state index contributed by atoms with van der Waals surface area (Å²) in [6.45, 7) is 4.80. The molecule has 5 nitrogen and oxygen atoms in total. The minimum atomic E-state index is -0.111. The molecule has 1 amide bonds. The van der Waals surface area contributed by atoms with Crippen molar-refractivity contribution >= 4 is 5.91 Å². The Morgan fingerprint density at radius 2 is 1.96 bits per heavy atom. The standard InChI is InChI=1S/C22H25N3O2/c1-4-5-13-23-22(26)20-15-25(18-11-9-16(2)10-12-18)24-21(20)17-7-6-8-19(14-17)27-3/h6-12,14-15H,4-5,13H2,1-3H3,(H,23,26). The summed E-state index contributed by atoms with van der Waals surface area (Å²) in [5.74, 6) is 0.620. The summed E-state index contributed by atoms with van der Waals surface area (Å²) < 4.78 is 7.08. The fraction of sp³-hybridized carbons (Fsp3) is 0.273. The number of nitrogens with one attached hydrogen (secondary N) is 1. The summed E-state index contributed by atoms with van der Waals surface area (Å²) in [6.07, 6.45) is 3.78. The average Bonchev–Trinajstić information content (AvgIpc) is 3.14. The molecule has 0 saturated carbocycles. The maximum atomic E-state index is 12.8. The van der Waals surface area contributed by atoms with E-state index in [9.17, 15) is 4.79 Å². The number of rotatable bonds is 7. The second-order valence-electron chi connectivity index (χ2n) is 6.51. The second-order valence-corrected chi connectivity index (χ2v) is 6.51. The molecule has 5 heteroatoms. The van der Waals surface area contributed by atoms with Gasteiger partial charge in [0.2, 0.25) is 0 Å². The number of amides is 1. The van der Waals surface area contributed by atoms with E-state index >= 15 is 0 Å². The molecule has 0 radical (unpaired) electrons. The smallest absolute Gasteiger partial charge is 0.255 e. The van der Waals surface area contributed by atoms with Gasteiger partial charge in [-0.2, -0.15) is 5.10 Å². The molecule has 2 aromatic carbocycles. The molecular formula is C22H25N3O2. The van der Waals surface area contributed by atoms with Crippen molar-refractivity contribution < 1.29 is 9.53 Å². The largest absolute Gasteiger partial charge is 0.497 e. The molecule has 0 unspecified atom stereocenters. The Bertz CT molecular complexity index is 914. The Morgan fingerprint density at radius 1 is 1.19 bits per heavy atom. The van der Waals surface area contributed by atoms with E-state index in [1.807, 2.05) is 55.5 Å². The lowest BCUT2D eigenvalue weighted by Gasteiger charge is -2.06. The van der Waals surface area contributed by atoms with Crippen LogP contribution in [0.2, 0.25) is 0 Å². The molecule has 0 aliphatic heterocycles. The maximum absolute atomic E-state index is 12.8. The number of methoxy groups -OCH3 is 1. The molecular weight excluding hydrogens is 338 g/mol. The first kappa shape index (κ1) is 18.7. The summed E-state index contributed by atoms with van der Waals surface area (Å²) >= 11 is 0. The number of hydrogen-bond acceptors (Lipinski definition) is 3. The third kappa shape index (κ3) is 4.37. The van der Waals surface area contributed by atoms with E-state index in [2.05, 4.69) is 12.2 Å². The fourth-order valence-electron chi connectivity index (χ4n) is 2.83. The Labute approximate surface area is 160 Å². The van der Waals surface area contributed by atoms with Crippen molar-refractivity contribution in [1.29, 1.82) is 0 Å². The van der Waals surface area contributed by atoms with Crippen molar-refractivity contribution in [2.75, 3.05) is 13.7 Å². The van der Waals surface area contributed by atoms with Crippen LogP contribution in [0.1, 0.15) is 35.7 Å². The SMILES string of the molecule is CCCCNC(=O)c1cn(-c2ccc(C)cc2)nc1-c1cccc(OC)c1. The number of carbonyl (C=O) groups is 1. The lowest BCUT2D eigenvalue weighted by molar-refractivity contribution is 0.0954. The first-order valence-electron chi connectivity index (χ1n) is 9.21. The molecule has 0 aliphatic carbocycles. The van der Waals surface area contributed by atoms with Crippen LogP contribution in [0, 0.1) is 6.92 Å². The van der Waals surface area contributed by atoms with Crippen LogP contribution in [0.5, 0.6) is 5.75 Å². The summed E-state index contributed by atoms with van der Waals surface area (Å²) in [7, 11) is 1.63. The van der Waals surface area contributed by atoms with Gasteiger partial charge in [-0.15, -0.1) is 0 Å². The van der Waals surface area contributed by atoms with Crippen LogP contribution >= 0.6 is 0 Å². The van der Waals surface area contributed by atoms with Crippen LogP contribution in [0.15, 0.2) is 54.7 Å². The van der Waals surface area contributed by atoms with Crippen molar-refractivity contribution in [2.45, 2.75) is 26.7 Å². The fourth-order valence-corrected chi connectivity index (χ4v) is 2.83. The van der Waals surface area contributed by atoms with Gasteiger partial charge in [-0.25, -0.2) is 4.68 Å². The summed E-state index contributed by atoms with van der Waals surface area (Å²) in [6, 6.07) is 15.7. The Hall–Kier alpha value is -3.08. The number of ether oxygens (including phenoxy) is 1. The third-order valence-corrected chi connectivity index (χ3v) is 4.42. The van der Waals surface area contributed by atoms with Crippen LogP contribution in [0.3, 0.4) is 0 Å². The van der Waals surface area contributed by atoms with Gasteiger partial charge in [0, 0.05) is 18.3 Å². The van der Waals surface area contributed by atoms with Crippen LogP contribution in [-0.2, 0) is 0 Å². The van der Waals surface area contributed by atoms with E-state index in [1.165, 1.54) is 5.56 Å². The zero-order chi connectivity index (χ0) is 19.2. The minimum Gasteiger partial charge on any atom is -0.497 e. The number of nitrogens with zero attached hydrogens (tertiary/aromatic N) is 2. The van der Waals surface area contributed by atoms with E-state index in [1.54, 1.807) is 18.0 Å². The normalized spacial score (nSPS) is 10.6. The van der Waals surface area contributed by atoms with Gasteiger partial charge in [0.15, 0.2) is 0 Å². The first-order valence-corrected chi connectivity index (χ1v) is 9.21. The second kappa shape index (κ2) is 8.54. The van der Waals surface area contributed by atoms with Crippen molar-refractivity contribution in [1.82, 2.24) is 15.1 Å². The van der Waals surface area contributed by atoms with E-state index in [4.69, 9.17) is 9.84 Å². The highest BCUT2D eigenvalue weighted by Crippen LogP contribution is 2.27. The van der Waals surface area contributed by atoms with E-state index in [0.29, 0.717) is 17.8 Å². The predicted octanol–water partition coefficient (Wildman–Crippen LogP) is 4.39. The molecule has 27 heavy (non-hydrogen) atoms. The van der Waals surface area contributed by atoms with Crippen molar-refractivity contribution in [3.8, 4) is 22.7 Å². The maximum Gasteiger partial charge on any atom is 0.255 e. The van der Waals surface area contributed by atoms with Crippen LogP contribution in [0.25, 0.3) is 16.9 Å². The quantitative estimate of drug-likeness (QED) is 0.634. The topological polar surface area (TPSA) is 56.2 Å². The Balaban J connectivity index is 2.03. The monoisotopic (exact) mass is 363 g/mol. The summed E-state index contributed by atoms with van der Waals surface area (Å²) in [5.41, 5.74) is 4.14. The molecule has 0 bridgehead atoms. The highest BCUT2D eigenvalue weighted by molar-refractivity contribution is 6.00. The number of hydrogen-bond donors (Lipinski definition) is 1. The number of benzene rings is 2. The molecule has 0 spiro atoms.